The van der Waals surface area contributed by atoms with Gasteiger partial charge in [-0.15, -0.1) is 0 Å². The van der Waals surface area contributed by atoms with Crippen molar-refractivity contribution < 1.29 is 14.6 Å². The van der Waals surface area contributed by atoms with Crippen LogP contribution in [0.1, 0.15) is 26.2 Å². The van der Waals surface area contributed by atoms with Crippen LogP contribution in [0.3, 0.4) is 0 Å². The van der Waals surface area contributed by atoms with Gasteiger partial charge in [-0.25, -0.2) is 0 Å². The zero-order chi connectivity index (χ0) is 19.9. The predicted molar refractivity (Wildman–Crippen MR) is 110 cm³/mol. The number of imidazole rings is 1. The van der Waals surface area contributed by atoms with Gasteiger partial charge in [0.15, 0.2) is 0 Å². The van der Waals surface area contributed by atoms with Crippen molar-refractivity contribution in [3.8, 4) is 11.5 Å². The molecule has 0 aliphatic carbocycles. The van der Waals surface area contributed by atoms with E-state index in [-0.39, 0.29) is 6.61 Å². The number of hydrogen-bond acceptors (Lipinski definition) is 4. The van der Waals surface area contributed by atoms with Gasteiger partial charge in [-0.2, -0.15) is 0 Å². The smallest absolute Gasteiger partial charge is 0.203 e. The molecule has 0 fully saturated rings. The molecule has 1 heterocycles. The molecular formula is C22H29N3O3. The number of aryl methyl sites for hydroxylation is 1. The van der Waals surface area contributed by atoms with Crippen LogP contribution < -0.4 is 15.1 Å². The largest absolute Gasteiger partial charge is 0.497 e. The van der Waals surface area contributed by atoms with Gasteiger partial charge in [0.2, 0.25) is 5.62 Å². The summed E-state index contributed by atoms with van der Waals surface area (Å²) in [7, 11) is 1.62. The summed E-state index contributed by atoms with van der Waals surface area (Å²) >= 11 is 0. The molecule has 3 aromatic rings. The fourth-order valence-corrected chi connectivity index (χ4v) is 3.35. The zero-order valence-corrected chi connectivity index (χ0v) is 16.6. The molecule has 0 aliphatic heterocycles. The summed E-state index contributed by atoms with van der Waals surface area (Å²) in [5.41, 5.74) is 2.42. The van der Waals surface area contributed by atoms with Crippen LogP contribution in [0.5, 0.6) is 11.5 Å². The zero-order valence-electron chi connectivity index (χ0n) is 16.6. The van der Waals surface area contributed by atoms with Gasteiger partial charge in [0, 0.05) is 6.54 Å². The molecule has 3 rings (SSSR count). The van der Waals surface area contributed by atoms with Crippen molar-refractivity contribution in [1.82, 2.24) is 9.13 Å². The van der Waals surface area contributed by atoms with E-state index in [1.165, 1.54) is 0 Å². The van der Waals surface area contributed by atoms with E-state index >= 15 is 0 Å². The number of ether oxygens (including phenoxy) is 2. The van der Waals surface area contributed by atoms with Crippen LogP contribution in [0.15, 0.2) is 48.5 Å². The van der Waals surface area contributed by atoms with Crippen LogP contribution in [-0.2, 0) is 13.1 Å². The highest BCUT2D eigenvalue weighted by molar-refractivity contribution is 5.75. The van der Waals surface area contributed by atoms with Crippen LogP contribution in [0, 0.1) is 5.41 Å². The van der Waals surface area contributed by atoms with Gasteiger partial charge >= 0.3 is 0 Å². The summed E-state index contributed by atoms with van der Waals surface area (Å²) in [5.74, 6) is 1.44. The molecule has 0 radical (unpaired) electrons. The number of methoxy groups -OCH3 is 1. The minimum atomic E-state index is -0.717. The average molecular weight is 383 g/mol. The summed E-state index contributed by atoms with van der Waals surface area (Å²) in [6.45, 7) is 3.47. The number of aromatic nitrogens is 2. The molecule has 150 valence electrons. The minimum Gasteiger partial charge on any atom is -0.497 e. The molecule has 0 amide bonds. The Kier molecular flexibility index (Phi) is 6.76. The lowest BCUT2D eigenvalue weighted by Gasteiger charge is -2.14. The van der Waals surface area contributed by atoms with Gasteiger partial charge in [0.1, 0.15) is 24.2 Å². The van der Waals surface area contributed by atoms with Crippen molar-refractivity contribution in [1.29, 1.82) is 5.41 Å². The number of hydrogen-bond donors (Lipinski definition) is 2. The normalized spacial score (nSPS) is 12.2. The number of aliphatic hydroxyl groups excluding tert-OH is 1. The van der Waals surface area contributed by atoms with E-state index in [2.05, 4.69) is 6.92 Å². The van der Waals surface area contributed by atoms with E-state index in [1.54, 1.807) is 7.11 Å². The molecular weight excluding hydrogens is 354 g/mol. The lowest BCUT2D eigenvalue weighted by atomic mass is 10.2. The molecule has 0 aliphatic rings. The molecule has 0 spiro atoms. The van der Waals surface area contributed by atoms with Crippen molar-refractivity contribution in [3.05, 3.63) is 54.1 Å². The number of rotatable bonds is 10. The summed E-state index contributed by atoms with van der Waals surface area (Å²) in [5, 5.41) is 19.1. The second-order valence-corrected chi connectivity index (χ2v) is 6.92. The number of unbranched alkanes of at least 4 members (excludes halogenated alkanes) is 2. The quantitative estimate of drug-likeness (QED) is 0.526. The highest BCUT2D eigenvalue weighted by Crippen LogP contribution is 2.18. The van der Waals surface area contributed by atoms with Gasteiger partial charge in [0.05, 0.1) is 24.7 Å². The summed E-state index contributed by atoms with van der Waals surface area (Å²) in [6, 6.07) is 15.3. The van der Waals surface area contributed by atoms with E-state index < -0.39 is 6.10 Å². The van der Waals surface area contributed by atoms with Gasteiger partial charge in [-0.3, -0.25) is 5.41 Å². The van der Waals surface area contributed by atoms with E-state index in [0.717, 1.165) is 42.6 Å². The molecule has 28 heavy (non-hydrogen) atoms. The van der Waals surface area contributed by atoms with Crippen molar-refractivity contribution in [2.75, 3.05) is 13.7 Å². The summed E-state index contributed by atoms with van der Waals surface area (Å²) in [6.07, 6.45) is 2.62. The molecule has 2 aromatic carbocycles. The Morgan fingerprint density at radius 2 is 1.61 bits per heavy atom. The lowest BCUT2D eigenvalue weighted by molar-refractivity contribution is 0.0920. The number of benzene rings is 2. The van der Waals surface area contributed by atoms with E-state index in [1.807, 2.05) is 57.7 Å². The molecule has 0 saturated heterocycles. The van der Waals surface area contributed by atoms with Gasteiger partial charge in [0.25, 0.3) is 0 Å². The van der Waals surface area contributed by atoms with E-state index in [9.17, 15) is 5.11 Å². The third-order valence-corrected chi connectivity index (χ3v) is 4.86. The van der Waals surface area contributed by atoms with Gasteiger partial charge < -0.3 is 23.7 Å². The van der Waals surface area contributed by atoms with Crippen molar-refractivity contribution >= 4 is 11.0 Å². The standard InChI is InChI=1S/C22H29N3O3/c1-3-4-7-14-24-20-8-5-6-9-21(20)25(22(24)23)15-17(26)16-28-19-12-10-18(27-2)11-13-19/h5-6,8-13,17,23,26H,3-4,7,14-16H2,1-2H3/t17-/m1/s1. The Bertz CT molecular complexity index is 944. The summed E-state index contributed by atoms with van der Waals surface area (Å²) in [4.78, 5) is 0. The van der Waals surface area contributed by atoms with Crippen molar-refractivity contribution in [2.24, 2.45) is 0 Å². The third kappa shape index (κ3) is 4.57. The Labute approximate surface area is 165 Å². The third-order valence-electron chi connectivity index (χ3n) is 4.86. The number of nitrogens with one attached hydrogen (secondary N) is 1. The van der Waals surface area contributed by atoms with Gasteiger partial charge in [-0.05, 0) is 42.8 Å². The topological polar surface area (TPSA) is 72.4 Å². The maximum Gasteiger partial charge on any atom is 0.203 e. The monoisotopic (exact) mass is 383 g/mol. The van der Waals surface area contributed by atoms with Crippen LogP contribution in [0.2, 0.25) is 0 Å². The number of nitrogens with zero attached hydrogens (tertiary/aromatic N) is 2. The Morgan fingerprint density at radius 1 is 0.964 bits per heavy atom. The number of fused-ring (bicyclic) bond motifs is 1. The number of para-hydroxylation sites is 2. The van der Waals surface area contributed by atoms with Crippen LogP contribution in [0.25, 0.3) is 11.0 Å². The van der Waals surface area contributed by atoms with Crippen LogP contribution in [0.4, 0.5) is 0 Å². The van der Waals surface area contributed by atoms with E-state index in [0.29, 0.717) is 17.9 Å². The second kappa shape index (κ2) is 9.46. The maximum absolute atomic E-state index is 10.5. The Balaban J connectivity index is 1.71. The first-order valence-electron chi connectivity index (χ1n) is 9.81. The first kappa shape index (κ1) is 20.0. The molecule has 1 aromatic heterocycles. The summed E-state index contributed by atoms with van der Waals surface area (Å²) < 4.78 is 14.7. The first-order chi connectivity index (χ1) is 13.6. The molecule has 6 heteroatoms. The van der Waals surface area contributed by atoms with Gasteiger partial charge in [-0.1, -0.05) is 31.9 Å². The average Bonchev–Trinajstić information content (AvgIpc) is 2.99. The SMILES string of the molecule is CCCCCn1c(=N)n(C[C@@H](O)COc2ccc(OC)cc2)c2ccccc21. The fourth-order valence-electron chi connectivity index (χ4n) is 3.35. The number of aliphatic hydroxyl groups is 1. The lowest BCUT2D eigenvalue weighted by Crippen LogP contribution is -2.31. The molecule has 6 nitrogen and oxygen atoms in total. The second-order valence-electron chi connectivity index (χ2n) is 6.92. The van der Waals surface area contributed by atoms with Crippen molar-refractivity contribution in [3.63, 3.8) is 0 Å². The van der Waals surface area contributed by atoms with E-state index in [4.69, 9.17) is 14.9 Å². The molecule has 1 atom stereocenters. The fraction of sp³-hybridized carbons (Fsp3) is 0.409. The molecule has 0 bridgehead atoms. The molecule has 2 N–H and O–H groups in total. The minimum absolute atomic E-state index is 0.161. The Morgan fingerprint density at radius 3 is 2.25 bits per heavy atom. The van der Waals surface area contributed by atoms with Crippen molar-refractivity contribution in [2.45, 2.75) is 45.4 Å². The first-order valence-corrected chi connectivity index (χ1v) is 9.81. The highest BCUT2D eigenvalue weighted by Gasteiger charge is 2.14. The van der Waals surface area contributed by atoms with Crippen LogP contribution >= 0.6 is 0 Å². The van der Waals surface area contributed by atoms with Crippen LogP contribution in [-0.4, -0.2) is 34.1 Å². The Hall–Kier alpha value is -2.73. The maximum atomic E-state index is 10.5. The molecule has 0 unspecified atom stereocenters. The highest BCUT2D eigenvalue weighted by atomic mass is 16.5. The molecule has 0 saturated carbocycles. The predicted octanol–water partition coefficient (Wildman–Crippen LogP) is 3.56.